The van der Waals surface area contributed by atoms with Crippen molar-refractivity contribution in [1.29, 1.82) is 0 Å². The first-order chi connectivity index (χ1) is 7.66. The van der Waals surface area contributed by atoms with Gasteiger partial charge in [0, 0.05) is 5.02 Å². The van der Waals surface area contributed by atoms with E-state index in [1.165, 1.54) is 0 Å². The molecule has 1 N–H and O–H groups in total. The number of hydrogen-bond acceptors (Lipinski definition) is 4. The Bertz CT molecular complexity index is 486. The fourth-order valence-corrected chi connectivity index (χ4v) is 2.19. The van der Waals surface area contributed by atoms with Crippen molar-refractivity contribution < 1.29 is 0 Å². The van der Waals surface area contributed by atoms with Crippen LogP contribution >= 0.6 is 34.9 Å². The Balaban J connectivity index is 2.14. The number of rotatable bonds is 3. The number of benzene rings is 1. The van der Waals surface area contributed by atoms with Gasteiger partial charge in [-0.1, -0.05) is 35.3 Å². The van der Waals surface area contributed by atoms with Crippen molar-refractivity contribution in [2.45, 2.75) is 13.0 Å². The molecule has 16 heavy (non-hydrogen) atoms. The van der Waals surface area contributed by atoms with Gasteiger partial charge in [-0.05, 0) is 24.6 Å². The van der Waals surface area contributed by atoms with Crippen LogP contribution in [0.1, 0.15) is 18.5 Å². The number of nitrogens with one attached hydrogen (secondary N) is 1. The van der Waals surface area contributed by atoms with Crippen LogP contribution in [0.3, 0.4) is 0 Å². The van der Waals surface area contributed by atoms with Crippen LogP contribution in [-0.2, 0) is 0 Å². The third kappa shape index (κ3) is 2.64. The molecule has 1 unspecified atom stereocenters. The number of nitrogens with zero attached hydrogens (tertiary/aromatic N) is 2. The molecule has 1 aromatic heterocycles. The molecule has 6 heteroatoms. The number of hydrogen-bond donors (Lipinski definition) is 1. The minimum atomic E-state index is 0.0834. The largest absolute Gasteiger partial charge is 0.360 e. The predicted molar refractivity (Wildman–Crippen MR) is 68.4 cm³/mol. The van der Waals surface area contributed by atoms with Crippen LogP contribution in [0.25, 0.3) is 0 Å². The summed E-state index contributed by atoms with van der Waals surface area (Å²) in [5.41, 5.74) is 1.08. The quantitative estimate of drug-likeness (QED) is 0.918. The molecule has 3 nitrogen and oxygen atoms in total. The summed E-state index contributed by atoms with van der Waals surface area (Å²) in [6, 6.07) is 7.75. The average Bonchev–Trinajstić information content (AvgIpc) is 2.64. The van der Waals surface area contributed by atoms with E-state index in [-0.39, 0.29) is 6.04 Å². The van der Waals surface area contributed by atoms with Crippen LogP contribution in [0.5, 0.6) is 0 Å². The monoisotopic (exact) mass is 273 g/mol. The van der Waals surface area contributed by atoms with E-state index in [4.69, 9.17) is 23.2 Å². The lowest BCUT2D eigenvalue weighted by molar-refractivity contribution is 0.879. The summed E-state index contributed by atoms with van der Waals surface area (Å²) < 4.78 is 7.95. The summed E-state index contributed by atoms with van der Waals surface area (Å²) in [5.74, 6) is 0.610. The van der Waals surface area contributed by atoms with Crippen molar-refractivity contribution in [2.75, 3.05) is 5.32 Å². The third-order valence-electron chi connectivity index (χ3n) is 2.15. The molecule has 0 spiro atoms. The SMILES string of the molecule is CC(Nc1nsnc1Cl)c1cccc(Cl)c1. The van der Waals surface area contributed by atoms with Crippen molar-refractivity contribution in [1.82, 2.24) is 8.75 Å². The highest BCUT2D eigenvalue weighted by Crippen LogP contribution is 2.25. The van der Waals surface area contributed by atoms with Crippen molar-refractivity contribution in [3.63, 3.8) is 0 Å². The van der Waals surface area contributed by atoms with Gasteiger partial charge in [-0.25, -0.2) is 0 Å². The van der Waals surface area contributed by atoms with Crippen molar-refractivity contribution in [2.24, 2.45) is 0 Å². The molecule has 0 aliphatic carbocycles. The predicted octanol–water partition coefficient (Wildman–Crippen LogP) is 4.02. The topological polar surface area (TPSA) is 37.8 Å². The van der Waals surface area contributed by atoms with E-state index in [9.17, 15) is 0 Å². The Labute approximate surface area is 108 Å². The molecule has 1 atom stereocenters. The fourth-order valence-electron chi connectivity index (χ4n) is 1.33. The van der Waals surface area contributed by atoms with Gasteiger partial charge in [0.25, 0.3) is 0 Å². The van der Waals surface area contributed by atoms with Crippen molar-refractivity contribution >= 4 is 40.7 Å². The van der Waals surface area contributed by atoms with Gasteiger partial charge in [0.2, 0.25) is 0 Å². The lowest BCUT2D eigenvalue weighted by Gasteiger charge is -2.13. The summed E-state index contributed by atoms with van der Waals surface area (Å²) in [7, 11) is 0. The van der Waals surface area contributed by atoms with Gasteiger partial charge in [-0.2, -0.15) is 8.75 Å². The van der Waals surface area contributed by atoms with E-state index in [0.29, 0.717) is 16.0 Å². The van der Waals surface area contributed by atoms with Crippen LogP contribution in [0, 0.1) is 0 Å². The van der Waals surface area contributed by atoms with E-state index < -0.39 is 0 Å². The summed E-state index contributed by atoms with van der Waals surface area (Å²) >= 11 is 12.9. The highest BCUT2D eigenvalue weighted by Gasteiger charge is 2.10. The van der Waals surface area contributed by atoms with Crippen molar-refractivity contribution in [3.05, 3.63) is 40.0 Å². The molecular formula is C10H9Cl2N3S. The van der Waals surface area contributed by atoms with E-state index >= 15 is 0 Å². The van der Waals surface area contributed by atoms with Gasteiger partial charge in [0.1, 0.15) is 0 Å². The first kappa shape index (κ1) is 11.6. The average molecular weight is 274 g/mol. The van der Waals surface area contributed by atoms with Crippen LogP contribution in [-0.4, -0.2) is 8.75 Å². The molecule has 84 valence electrons. The minimum Gasteiger partial charge on any atom is -0.360 e. The number of anilines is 1. The summed E-state index contributed by atoms with van der Waals surface area (Å²) in [5, 5.41) is 4.30. The van der Waals surface area contributed by atoms with Gasteiger partial charge in [0.05, 0.1) is 17.8 Å². The lowest BCUT2D eigenvalue weighted by Crippen LogP contribution is -2.06. The zero-order valence-electron chi connectivity index (χ0n) is 8.45. The van der Waals surface area contributed by atoms with Crippen LogP contribution in [0.2, 0.25) is 10.2 Å². The van der Waals surface area contributed by atoms with Crippen LogP contribution in [0.15, 0.2) is 24.3 Å². The fraction of sp³-hybridized carbons (Fsp3) is 0.200. The maximum atomic E-state index is 5.92. The molecule has 1 heterocycles. The van der Waals surface area contributed by atoms with Gasteiger partial charge < -0.3 is 5.32 Å². The zero-order valence-corrected chi connectivity index (χ0v) is 10.8. The molecule has 2 rings (SSSR count). The Hall–Kier alpha value is -0.840. The second kappa shape index (κ2) is 4.99. The highest BCUT2D eigenvalue weighted by atomic mass is 35.5. The first-order valence-corrected chi connectivity index (χ1v) is 6.15. The molecule has 0 aliphatic heterocycles. The normalized spacial score (nSPS) is 12.4. The first-order valence-electron chi connectivity index (χ1n) is 4.67. The van der Waals surface area contributed by atoms with Gasteiger partial charge in [-0.3, -0.25) is 0 Å². The second-order valence-electron chi connectivity index (χ2n) is 3.32. The lowest BCUT2D eigenvalue weighted by atomic mass is 10.1. The van der Waals surface area contributed by atoms with E-state index in [1.54, 1.807) is 0 Å². The zero-order chi connectivity index (χ0) is 11.5. The van der Waals surface area contributed by atoms with E-state index in [1.807, 2.05) is 31.2 Å². The summed E-state index contributed by atoms with van der Waals surface area (Å²) in [6.07, 6.45) is 0. The number of halogens is 2. The molecule has 0 bridgehead atoms. The Morgan fingerprint density at radius 2 is 2.12 bits per heavy atom. The second-order valence-corrected chi connectivity index (χ2v) is 4.65. The molecule has 1 aromatic carbocycles. The summed E-state index contributed by atoms with van der Waals surface area (Å²) in [4.78, 5) is 0. The smallest absolute Gasteiger partial charge is 0.186 e. The minimum absolute atomic E-state index is 0.0834. The molecular weight excluding hydrogens is 265 g/mol. The Morgan fingerprint density at radius 1 is 1.31 bits per heavy atom. The molecule has 0 amide bonds. The molecule has 0 aliphatic rings. The van der Waals surface area contributed by atoms with Gasteiger partial charge >= 0.3 is 0 Å². The standard InChI is InChI=1S/C10H9Cl2N3S/c1-6(7-3-2-4-8(11)5-7)13-10-9(12)14-16-15-10/h2-6H,1H3,(H,13,15). The van der Waals surface area contributed by atoms with E-state index in [2.05, 4.69) is 14.1 Å². The summed E-state index contributed by atoms with van der Waals surface area (Å²) in [6.45, 7) is 2.02. The maximum Gasteiger partial charge on any atom is 0.186 e. The van der Waals surface area contributed by atoms with Crippen LogP contribution < -0.4 is 5.32 Å². The molecule has 0 saturated carbocycles. The van der Waals surface area contributed by atoms with Crippen molar-refractivity contribution in [3.8, 4) is 0 Å². The van der Waals surface area contributed by atoms with Gasteiger partial charge in [-0.15, -0.1) is 0 Å². The third-order valence-corrected chi connectivity index (χ3v) is 3.28. The Kier molecular flexibility index (Phi) is 3.63. The maximum absolute atomic E-state index is 5.92. The molecule has 0 radical (unpaired) electrons. The highest BCUT2D eigenvalue weighted by molar-refractivity contribution is 6.99. The van der Waals surface area contributed by atoms with E-state index in [0.717, 1.165) is 17.3 Å². The number of aromatic nitrogens is 2. The van der Waals surface area contributed by atoms with Gasteiger partial charge in [0.15, 0.2) is 11.0 Å². The Morgan fingerprint density at radius 3 is 2.75 bits per heavy atom. The molecule has 0 saturated heterocycles. The van der Waals surface area contributed by atoms with Crippen LogP contribution in [0.4, 0.5) is 5.82 Å². The molecule has 2 aromatic rings. The molecule has 0 fully saturated rings.